The van der Waals surface area contributed by atoms with Crippen LogP contribution in [0.25, 0.3) is 0 Å². The lowest BCUT2D eigenvalue weighted by atomic mass is 10.1. The Kier molecular flexibility index (Phi) is 4.85. The van der Waals surface area contributed by atoms with Gasteiger partial charge in [-0.25, -0.2) is 0 Å². The van der Waals surface area contributed by atoms with Crippen LogP contribution in [0, 0.1) is 0 Å². The van der Waals surface area contributed by atoms with E-state index < -0.39 is 11.7 Å². The lowest BCUT2D eigenvalue weighted by Gasteiger charge is -2.15. The zero-order valence-electron chi connectivity index (χ0n) is 10.1. The van der Waals surface area contributed by atoms with Crippen LogP contribution in [0.1, 0.15) is 38.7 Å². The molecule has 1 atom stereocenters. The Morgan fingerprint density at radius 3 is 2.24 bits per heavy atom. The van der Waals surface area contributed by atoms with E-state index in [4.69, 9.17) is 0 Å². The molecule has 0 aromatic heterocycles. The molecule has 0 aliphatic rings. The Morgan fingerprint density at radius 1 is 1.18 bits per heavy atom. The number of anilines is 1. The van der Waals surface area contributed by atoms with Gasteiger partial charge in [-0.3, -0.25) is 0 Å². The second-order valence-corrected chi connectivity index (χ2v) is 4.26. The van der Waals surface area contributed by atoms with E-state index in [0.29, 0.717) is 0 Å². The summed E-state index contributed by atoms with van der Waals surface area (Å²) in [4.78, 5) is 0. The van der Waals surface area contributed by atoms with Gasteiger partial charge in [-0.1, -0.05) is 19.8 Å². The molecular weight excluding hydrogens is 227 g/mol. The van der Waals surface area contributed by atoms with Crippen molar-refractivity contribution in [2.75, 3.05) is 5.32 Å². The summed E-state index contributed by atoms with van der Waals surface area (Å²) < 4.78 is 37.0. The van der Waals surface area contributed by atoms with Crippen LogP contribution in [0.4, 0.5) is 18.9 Å². The third-order valence-electron chi connectivity index (χ3n) is 2.62. The van der Waals surface area contributed by atoms with E-state index in [1.807, 2.05) is 6.92 Å². The maximum absolute atomic E-state index is 12.3. The van der Waals surface area contributed by atoms with Crippen LogP contribution >= 0.6 is 0 Å². The SMILES string of the molecule is CCCCC(C)Nc1ccc(C(F)(F)F)cc1. The van der Waals surface area contributed by atoms with Gasteiger partial charge in [0.25, 0.3) is 0 Å². The van der Waals surface area contributed by atoms with Crippen LogP contribution in [0.2, 0.25) is 0 Å². The number of halogens is 3. The van der Waals surface area contributed by atoms with Crippen molar-refractivity contribution in [3.05, 3.63) is 29.8 Å². The van der Waals surface area contributed by atoms with Gasteiger partial charge in [-0.15, -0.1) is 0 Å². The van der Waals surface area contributed by atoms with Crippen molar-refractivity contribution < 1.29 is 13.2 Å². The van der Waals surface area contributed by atoms with Gasteiger partial charge in [0.2, 0.25) is 0 Å². The predicted octanol–water partition coefficient (Wildman–Crippen LogP) is 4.70. The maximum Gasteiger partial charge on any atom is 0.416 e. The smallest absolute Gasteiger partial charge is 0.383 e. The van der Waals surface area contributed by atoms with Crippen LogP contribution in [-0.4, -0.2) is 6.04 Å². The lowest BCUT2D eigenvalue weighted by molar-refractivity contribution is -0.137. The standard InChI is InChI=1S/C13H18F3N/c1-3-4-5-10(2)17-12-8-6-11(7-9-12)13(14,15)16/h6-10,17H,3-5H2,1-2H3. The first-order valence-corrected chi connectivity index (χ1v) is 5.87. The van der Waals surface area contributed by atoms with Crippen LogP contribution in [0.5, 0.6) is 0 Å². The van der Waals surface area contributed by atoms with Crippen molar-refractivity contribution in [1.82, 2.24) is 0 Å². The van der Waals surface area contributed by atoms with Crippen molar-refractivity contribution in [3.63, 3.8) is 0 Å². The van der Waals surface area contributed by atoms with Gasteiger partial charge in [-0.05, 0) is 37.6 Å². The Morgan fingerprint density at radius 2 is 1.76 bits per heavy atom. The van der Waals surface area contributed by atoms with Crippen molar-refractivity contribution in [3.8, 4) is 0 Å². The predicted molar refractivity (Wildman–Crippen MR) is 64.1 cm³/mol. The fourth-order valence-electron chi connectivity index (χ4n) is 1.62. The summed E-state index contributed by atoms with van der Waals surface area (Å²) in [6.07, 6.45) is -0.988. The van der Waals surface area contributed by atoms with Crippen molar-refractivity contribution in [2.24, 2.45) is 0 Å². The first kappa shape index (κ1) is 13.9. The molecule has 0 saturated carbocycles. The number of unbranched alkanes of at least 4 members (excludes halogenated alkanes) is 1. The average molecular weight is 245 g/mol. The monoisotopic (exact) mass is 245 g/mol. The topological polar surface area (TPSA) is 12.0 Å². The minimum absolute atomic E-state index is 0.284. The zero-order chi connectivity index (χ0) is 12.9. The fourth-order valence-corrected chi connectivity index (χ4v) is 1.62. The van der Waals surface area contributed by atoms with Crippen molar-refractivity contribution in [1.29, 1.82) is 0 Å². The molecule has 1 aromatic rings. The highest BCUT2D eigenvalue weighted by atomic mass is 19.4. The molecule has 1 N–H and O–H groups in total. The molecule has 0 heterocycles. The quantitative estimate of drug-likeness (QED) is 0.793. The molecule has 0 bridgehead atoms. The largest absolute Gasteiger partial charge is 0.416 e. The van der Waals surface area contributed by atoms with Gasteiger partial charge in [-0.2, -0.15) is 13.2 Å². The van der Waals surface area contributed by atoms with E-state index in [9.17, 15) is 13.2 Å². The summed E-state index contributed by atoms with van der Waals surface area (Å²) in [6, 6.07) is 5.45. The van der Waals surface area contributed by atoms with E-state index in [0.717, 1.165) is 37.1 Å². The molecule has 0 radical (unpaired) electrons. The summed E-state index contributed by atoms with van der Waals surface area (Å²) in [5.74, 6) is 0. The Labute approximate surface area is 100 Å². The summed E-state index contributed by atoms with van der Waals surface area (Å²) in [5.41, 5.74) is 0.130. The number of rotatable bonds is 5. The molecular formula is C13H18F3N. The summed E-state index contributed by atoms with van der Waals surface area (Å²) in [5, 5.41) is 3.19. The van der Waals surface area contributed by atoms with E-state index >= 15 is 0 Å². The molecule has 0 amide bonds. The summed E-state index contributed by atoms with van der Waals surface area (Å²) in [6.45, 7) is 4.15. The first-order valence-electron chi connectivity index (χ1n) is 5.87. The van der Waals surface area contributed by atoms with Crippen LogP contribution < -0.4 is 5.32 Å². The maximum atomic E-state index is 12.3. The van der Waals surface area contributed by atoms with E-state index in [2.05, 4.69) is 12.2 Å². The second kappa shape index (κ2) is 5.94. The van der Waals surface area contributed by atoms with E-state index in [1.54, 1.807) is 0 Å². The van der Waals surface area contributed by atoms with Crippen molar-refractivity contribution >= 4 is 5.69 Å². The zero-order valence-corrected chi connectivity index (χ0v) is 10.1. The van der Waals surface area contributed by atoms with E-state index in [1.165, 1.54) is 12.1 Å². The molecule has 17 heavy (non-hydrogen) atoms. The molecule has 1 aromatic carbocycles. The molecule has 0 fully saturated rings. The normalized spacial score (nSPS) is 13.5. The highest BCUT2D eigenvalue weighted by molar-refractivity contribution is 5.45. The molecule has 0 saturated heterocycles. The number of hydrogen-bond donors (Lipinski definition) is 1. The average Bonchev–Trinajstić information content (AvgIpc) is 2.26. The highest BCUT2D eigenvalue weighted by Crippen LogP contribution is 2.29. The summed E-state index contributed by atoms with van der Waals surface area (Å²) >= 11 is 0. The number of hydrogen-bond acceptors (Lipinski definition) is 1. The molecule has 1 unspecified atom stereocenters. The Balaban J connectivity index is 2.56. The molecule has 0 spiro atoms. The van der Waals surface area contributed by atoms with Crippen LogP contribution in [0.3, 0.4) is 0 Å². The molecule has 1 nitrogen and oxygen atoms in total. The molecule has 4 heteroatoms. The Hall–Kier alpha value is -1.19. The summed E-state index contributed by atoms with van der Waals surface area (Å²) in [7, 11) is 0. The van der Waals surface area contributed by atoms with Gasteiger partial charge in [0.05, 0.1) is 5.56 Å². The molecule has 0 aliphatic heterocycles. The number of nitrogens with one attached hydrogen (secondary N) is 1. The lowest BCUT2D eigenvalue weighted by Crippen LogP contribution is -2.15. The number of alkyl halides is 3. The molecule has 1 rings (SSSR count). The van der Waals surface area contributed by atoms with Crippen LogP contribution in [0.15, 0.2) is 24.3 Å². The van der Waals surface area contributed by atoms with Gasteiger partial charge >= 0.3 is 6.18 Å². The number of benzene rings is 1. The van der Waals surface area contributed by atoms with E-state index in [-0.39, 0.29) is 6.04 Å². The minimum Gasteiger partial charge on any atom is -0.383 e. The molecule has 0 aliphatic carbocycles. The van der Waals surface area contributed by atoms with Gasteiger partial charge in [0.15, 0.2) is 0 Å². The first-order chi connectivity index (χ1) is 7.93. The third kappa shape index (κ3) is 4.67. The van der Waals surface area contributed by atoms with Gasteiger partial charge in [0.1, 0.15) is 0 Å². The van der Waals surface area contributed by atoms with Gasteiger partial charge in [0, 0.05) is 11.7 Å². The fraction of sp³-hybridized carbons (Fsp3) is 0.538. The second-order valence-electron chi connectivity index (χ2n) is 4.26. The van der Waals surface area contributed by atoms with Gasteiger partial charge < -0.3 is 5.32 Å². The van der Waals surface area contributed by atoms with Crippen LogP contribution in [-0.2, 0) is 6.18 Å². The molecule has 96 valence electrons. The Bertz CT molecular complexity index is 330. The highest BCUT2D eigenvalue weighted by Gasteiger charge is 2.29. The minimum atomic E-state index is -4.26. The third-order valence-corrected chi connectivity index (χ3v) is 2.62. The van der Waals surface area contributed by atoms with Crippen molar-refractivity contribution in [2.45, 2.75) is 45.3 Å².